The third kappa shape index (κ3) is 4.40. The first-order chi connectivity index (χ1) is 13.4. The lowest BCUT2D eigenvalue weighted by molar-refractivity contribution is -0.129. The van der Waals surface area contributed by atoms with Crippen LogP contribution in [-0.4, -0.2) is 33.6 Å². The SMILES string of the molecule is CC(C)NC(=O)[C@H](C)OC(=O)c1ccc2c(=O)n3c(nc2c1)CCCCCC3. The molecular formula is C21H27N3O4. The molecule has 0 spiro atoms. The monoisotopic (exact) mass is 385 g/mol. The number of esters is 1. The van der Waals surface area contributed by atoms with Gasteiger partial charge in [0, 0.05) is 19.0 Å². The van der Waals surface area contributed by atoms with E-state index < -0.39 is 12.1 Å². The second-order valence-electron chi connectivity index (χ2n) is 7.59. The van der Waals surface area contributed by atoms with E-state index >= 15 is 0 Å². The molecule has 0 radical (unpaired) electrons. The molecule has 1 aromatic carbocycles. The van der Waals surface area contributed by atoms with Gasteiger partial charge in [-0.3, -0.25) is 14.2 Å². The molecule has 1 aromatic heterocycles. The minimum atomic E-state index is -0.903. The normalized spacial score (nSPS) is 15.4. The van der Waals surface area contributed by atoms with Crippen molar-refractivity contribution >= 4 is 22.8 Å². The lowest BCUT2D eigenvalue weighted by Crippen LogP contribution is -2.39. The van der Waals surface area contributed by atoms with Gasteiger partial charge in [-0.25, -0.2) is 9.78 Å². The number of amides is 1. The van der Waals surface area contributed by atoms with E-state index in [0.717, 1.165) is 37.9 Å². The maximum Gasteiger partial charge on any atom is 0.338 e. The number of hydrogen-bond donors (Lipinski definition) is 1. The highest BCUT2D eigenvalue weighted by Crippen LogP contribution is 2.17. The van der Waals surface area contributed by atoms with Gasteiger partial charge in [0.15, 0.2) is 6.10 Å². The molecule has 150 valence electrons. The number of carbonyl (C=O) groups excluding carboxylic acids is 2. The van der Waals surface area contributed by atoms with Gasteiger partial charge in [-0.1, -0.05) is 12.8 Å². The molecule has 2 aromatic rings. The van der Waals surface area contributed by atoms with E-state index in [-0.39, 0.29) is 23.1 Å². The number of ether oxygens (including phenoxy) is 1. The van der Waals surface area contributed by atoms with Crippen molar-refractivity contribution in [1.29, 1.82) is 0 Å². The fourth-order valence-electron chi connectivity index (χ4n) is 3.41. The quantitative estimate of drug-likeness (QED) is 0.817. The highest BCUT2D eigenvalue weighted by molar-refractivity contribution is 5.95. The average Bonchev–Trinajstić information content (AvgIpc) is 2.62. The molecule has 2 heterocycles. The first kappa shape index (κ1) is 20.0. The zero-order chi connectivity index (χ0) is 20.3. The van der Waals surface area contributed by atoms with Gasteiger partial charge in [-0.05, 0) is 51.8 Å². The van der Waals surface area contributed by atoms with Gasteiger partial charge in [0.25, 0.3) is 11.5 Å². The largest absolute Gasteiger partial charge is 0.449 e. The van der Waals surface area contributed by atoms with E-state index in [2.05, 4.69) is 10.3 Å². The van der Waals surface area contributed by atoms with Crippen molar-refractivity contribution in [3.05, 3.63) is 39.9 Å². The number of nitrogens with zero attached hydrogens (tertiary/aromatic N) is 2. The molecule has 1 N–H and O–H groups in total. The van der Waals surface area contributed by atoms with Crippen LogP contribution in [0.2, 0.25) is 0 Å². The maximum absolute atomic E-state index is 12.8. The zero-order valence-electron chi connectivity index (χ0n) is 16.7. The van der Waals surface area contributed by atoms with Crippen molar-refractivity contribution < 1.29 is 14.3 Å². The van der Waals surface area contributed by atoms with E-state index in [1.54, 1.807) is 22.8 Å². The minimum Gasteiger partial charge on any atom is -0.449 e. The van der Waals surface area contributed by atoms with Crippen LogP contribution < -0.4 is 10.9 Å². The molecule has 28 heavy (non-hydrogen) atoms. The molecular weight excluding hydrogens is 358 g/mol. The molecule has 1 aliphatic heterocycles. The van der Waals surface area contributed by atoms with E-state index in [1.807, 2.05) is 13.8 Å². The zero-order valence-corrected chi connectivity index (χ0v) is 16.7. The van der Waals surface area contributed by atoms with E-state index in [0.29, 0.717) is 17.4 Å². The lowest BCUT2D eigenvalue weighted by Gasteiger charge is -2.17. The van der Waals surface area contributed by atoms with Crippen LogP contribution in [0.5, 0.6) is 0 Å². The summed E-state index contributed by atoms with van der Waals surface area (Å²) in [4.78, 5) is 41.9. The number of rotatable bonds is 4. The van der Waals surface area contributed by atoms with Crippen LogP contribution in [0.25, 0.3) is 10.9 Å². The molecule has 0 saturated heterocycles. The Morgan fingerprint density at radius 1 is 1.14 bits per heavy atom. The topological polar surface area (TPSA) is 90.3 Å². The molecule has 0 bridgehead atoms. The summed E-state index contributed by atoms with van der Waals surface area (Å²) in [5.74, 6) is -0.184. The Hall–Kier alpha value is -2.70. The summed E-state index contributed by atoms with van der Waals surface area (Å²) in [6.07, 6.45) is 4.09. The average molecular weight is 385 g/mol. The number of carbonyl (C=O) groups is 2. The second-order valence-corrected chi connectivity index (χ2v) is 7.59. The summed E-state index contributed by atoms with van der Waals surface area (Å²) >= 11 is 0. The van der Waals surface area contributed by atoms with E-state index in [4.69, 9.17) is 4.74 Å². The number of benzene rings is 1. The standard InChI is InChI=1S/C21H27N3O4/c1-13(2)22-19(25)14(3)28-21(27)15-9-10-16-17(12-15)23-18-8-6-4-5-7-11-24(18)20(16)26/h9-10,12-14H,4-8,11H2,1-3H3,(H,22,25)/t14-/m0/s1. The highest BCUT2D eigenvalue weighted by Gasteiger charge is 2.20. The van der Waals surface area contributed by atoms with Crippen LogP contribution in [0.4, 0.5) is 0 Å². The predicted octanol–water partition coefficient (Wildman–Crippen LogP) is 2.58. The predicted molar refractivity (Wildman–Crippen MR) is 106 cm³/mol. The molecule has 7 nitrogen and oxygen atoms in total. The smallest absolute Gasteiger partial charge is 0.338 e. The van der Waals surface area contributed by atoms with Crippen LogP contribution in [-0.2, 0) is 22.5 Å². The van der Waals surface area contributed by atoms with Crippen molar-refractivity contribution in [3.63, 3.8) is 0 Å². The molecule has 0 unspecified atom stereocenters. The van der Waals surface area contributed by atoms with Crippen molar-refractivity contribution in [3.8, 4) is 0 Å². The minimum absolute atomic E-state index is 0.0362. The Kier molecular flexibility index (Phi) is 6.11. The van der Waals surface area contributed by atoms with Crippen LogP contribution in [0.15, 0.2) is 23.0 Å². The number of aromatic nitrogens is 2. The Labute approximate surface area is 164 Å². The number of fused-ring (bicyclic) bond motifs is 2. The summed E-state index contributed by atoms with van der Waals surface area (Å²) < 4.78 is 7.03. The molecule has 0 aliphatic carbocycles. The summed E-state index contributed by atoms with van der Waals surface area (Å²) in [5, 5.41) is 3.20. The van der Waals surface area contributed by atoms with Gasteiger partial charge in [0.1, 0.15) is 5.82 Å². The van der Waals surface area contributed by atoms with Gasteiger partial charge < -0.3 is 10.1 Å². The Morgan fingerprint density at radius 2 is 1.89 bits per heavy atom. The van der Waals surface area contributed by atoms with Crippen molar-refractivity contribution in [2.45, 2.75) is 71.6 Å². The third-order valence-corrected chi connectivity index (χ3v) is 4.89. The Balaban J connectivity index is 1.87. The summed E-state index contributed by atoms with van der Waals surface area (Å²) in [6.45, 7) is 5.89. The van der Waals surface area contributed by atoms with Gasteiger partial charge in [0.05, 0.1) is 16.5 Å². The van der Waals surface area contributed by atoms with Crippen molar-refractivity contribution in [1.82, 2.24) is 14.9 Å². The highest BCUT2D eigenvalue weighted by atomic mass is 16.5. The summed E-state index contributed by atoms with van der Waals surface area (Å²) in [7, 11) is 0. The fraction of sp³-hybridized carbons (Fsp3) is 0.524. The molecule has 3 rings (SSSR count). The van der Waals surface area contributed by atoms with Gasteiger partial charge >= 0.3 is 5.97 Å². The van der Waals surface area contributed by atoms with Crippen LogP contribution >= 0.6 is 0 Å². The van der Waals surface area contributed by atoms with Gasteiger partial charge in [-0.15, -0.1) is 0 Å². The number of nitrogens with one attached hydrogen (secondary N) is 1. The van der Waals surface area contributed by atoms with Crippen molar-refractivity contribution in [2.75, 3.05) is 0 Å². The van der Waals surface area contributed by atoms with Gasteiger partial charge in [0.2, 0.25) is 0 Å². The lowest BCUT2D eigenvalue weighted by atomic mass is 10.1. The first-order valence-electron chi connectivity index (χ1n) is 9.91. The Morgan fingerprint density at radius 3 is 2.64 bits per heavy atom. The van der Waals surface area contributed by atoms with Crippen LogP contribution in [0.1, 0.15) is 62.6 Å². The fourth-order valence-corrected chi connectivity index (χ4v) is 3.41. The van der Waals surface area contributed by atoms with Crippen LogP contribution in [0, 0.1) is 0 Å². The second kappa shape index (κ2) is 8.54. The van der Waals surface area contributed by atoms with Crippen molar-refractivity contribution in [2.24, 2.45) is 0 Å². The number of aryl methyl sites for hydroxylation is 1. The maximum atomic E-state index is 12.8. The third-order valence-electron chi connectivity index (χ3n) is 4.89. The van der Waals surface area contributed by atoms with E-state index in [9.17, 15) is 14.4 Å². The summed E-state index contributed by atoms with van der Waals surface area (Å²) in [5.41, 5.74) is 0.705. The molecule has 1 amide bonds. The molecule has 0 fully saturated rings. The first-order valence-corrected chi connectivity index (χ1v) is 9.91. The number of hydrogen-bond acceptors (Lipinski definition) is 5. The summed E-state index contributed by atoms with van der Waals surface area (Å²) in [6, 6.07) is 4.71. The Bertz CT molecular complexity index is 949. The molecule has 1 aliphatic rings. The molecule has 0 saturated carbocycles. The molecule has 7 heteroatoms. The van der Waals surface area contributed by atoms with E-state index in [1.165, 1.54) is 6.92 Å². The van der Waals surface area contributed by atoms with Gasteiger partial charge in [-0.2, -0.15) is 0 Å². The van der Waals surface area contributed by atoms with Crippen LogP contribution in [0.3, 0.4) is 0 Å². The molecule has 1 atom stereocenters.